The first kappa shape index (κ1) is 24.9. The Morgan fingerprint density at radius 2 is 1.50 bits per heavy atom. The largest absolute Gasteiger partial charge is 0.493 e. The second kappa shape index (κ2) is 11.4. The Morgan fingerprint density at radius 1 is 0.912 bits per heavy atom. The maximum Gasteiger partial charge on any atom is 0.243 e. The van der Waals surface area contributed by atoms with Gasteiger partial charge in [-0.05, 0) is 55.5 Å². The number of ether oxygens (including phenoxy) is 3. The zero-order valence-corrected chi connectivity index (χ0v) is 20.1. The molecule has 1 atom stereocenters. The average Bonchev–Trinajstić information content (AvgIpc) is 2.83. The van der Waals surface area contributed by atoms with E-state index in [2.05, 4.69) is 5.32 Å². The van der Waals surface area contributed by atoms with Crippen LogP contribution in [0.5, 0.6) is 23.0 Å². The lowest BCUT2D eigenvalue weighted by molar-refractivity contribution is -0.121. The fourth-order valence-corrected chi connectivity index (χ4v) is 4.49. The summed E-state index contributed by atoms with van der Waals surface area (Å²) in [4.78, 5) is 12.7. The number of anilines is 1. The summed E-state index contributed by atoms with van der Waals surface area (Å²) in [7, 11) is -2.19. The third kappa shape index (κ3) is 6.64. The highest BCUT2D eigenvalue weighted by molar-refractivity contribution is 7.92. The molecule has 1 N–H and O–H groups in total. The molecule has 0 aliphatic carbocycles. The van der Waals surface area contributed by atoms with Gasteiger partial charge in [0.25, 0.3) is 0 Å². The van der Waals surface area contributed by atoms with Crippen LogP contribution in [0.4, 0.5) is 5.69 Å². The van der Waals surface area contributed by atoms with E-state index in [1.165, 1.54) is 6.92 Å². The zero-order valence-electron chi connectivity index (χ0n) is 19.3. The van der Waals surface area contributed by atoms with Gasteiger partial charge in [-0.3, -0.25) is 9.10 Å². The molecule has 9 heteroatoms. The smallest absolute Gasteiger partial charge is 0.243 e. The molecule has 3 rings (SSSR count). The van der Waals surface area contributed by atoms with Gasteiger partial charge in [0.15, 0.2) is 11.5 Å². The van der Waals surface area contributed by atoms with Crippen LogP contribution >= 0.6 is 0 Å². The van der Waals surface area contributed by atoms with Gasteiger partial charge in [0.2, 0.25) is 15.9 Å². The lowest BCUT2D eigenvalue weighted by Gasteiger charge is -2.28. The fourth-order valence-electron chi connectivity index (χ4n) is 3.32. The van der Waals surface area contributed by atoms with E-state index < -0.39 is 22.0 Å². The third-order valence-corrected chi connectivity index (χ3v) is 6.13. The molecule has 0 saturated heterocycles. The fraction of sp³-hybridized carbons (Fsp3) is 0.240. The van der Waals surface area contributed by atoms with Gasteiger partial charge >= 0.3 is 0 Å². The molecule has 8 nitrogen and oxygen atoms in total. The van der Waals surface area contributed by atoms with Crippen LogP contribution < -0.4 is 23.8 Å². The number of nitrogens with one attached hydrogen (secondary N) is 1. The number of benzene rings is 3. The van der Waals surface area contributed by atoms with Gasteiger partial charge in [0, 0.05) is 0 Å². The number of hydrogen-bond donors (Lipinski definition) is 1. The molecule has 34 heavy (non-hydrogen) atoms. The van der Waals surface area contributed by atoms with Gasteiger partial charge in [-0.2, -0.15) is 0 Å². The Kier molecular flexibility index (Phi) is 8.37. The van der Waals surface area contributed by atoms with E-state index in [1.807, 2.05) is 42.5 Å². The lowest BCUT2D eigenvalue weighted by Crippen LogP contribution is -2.48. The highest BCUT2D eigenvalue weighted by Gasteiger charge is 2.29. The molecule has 0 aromatic heterocycles. The van der Waals surface area contributed by atoms with Crippen molar-refractivity contribution in [3.05, 3.63) is 78.9 Å². The standard InChI is InChI=1S/C25H28N2O6S/c1-19(25(28)26-17-18-32-24-12-8-7-11-23(24)31-2)27(34(3,29)30)20-13-15-22(16-14-20)33-21-9-5-4-6-10-21/h4-16,19H,17-18H2,1-3H3,(H,26,28). The average molecular weight is 485 g/mol. The number of sulfonamides is 1. The van der Waals surface area contributed by atoms with Crippen molar-refractivity contribution in [3.63, 3.8) is 0 Å². The van der Waals surface area contributed by atoms with Crippen LogP contribution in [0.1, 0.15) is 6.92 Å². The molecule has 0 aliphatic heterocycles. The van der Waals surface area contributed by atoms with Crippen molar-refractivity contribution in [1.29, 1.82) is 0 Å². The Morgan fingerprint density at radius 3 is 2.12 bits per heavy atom. The molecule has 3 aromatic rings. The quantitative estimate of drug-likeness (QED) is 0.416. The number of carbonyl (C=O) groups is 1. The van der Waals surface area contributed by atoms with Crippen molar-refractivity contribution in [1.82, 2.24) is 5.32 Å². The minimum atomic E-state index is -3.73. The Labute approximate surface area is 200 Å². The van der Waals surface area contributed by atoms with Crippen LogP contribution in [0.3, 0.4) is 0 Å². The van der Waals surface area contributed by atoms with Crippen LogP contribution in [0.15, 0.2) is 78.9 Å². The van der Waals surface area contributed by atoms with Gasteiger partial charge in [-0.15, -0.1) is 0 Å². The van der Waals surface area contributed by atoms with Crippen LogP contribution in [-0.4, -0.2) is 46.9 Å². The summed E-state index contributed by atoms with van der Waals surface area (Å²) < 4.78 is 42.7. The van der Waals surface area contributed by atoms with Gasteiger partial charge < -0.3 is 19.5 Å². The highest BCUT2D eigenvalue weighted by Crippen LogP contribution is 2.27. The summed E-state index contributed by atoms with van der Waals surface area (Å²) in [5, 5.41) is 2.72. The van der Waals surface area contributed by atoms with Crippen LogP contribution in [0.25, 0.3) is 0 Å². The Bertz CT molecular complexity index is 1180. The topological polar surface area (TPSA) is 94.2 Å². The molecular formula is C25H28N2O6S. The number of rotatable bonds is 11. The van der Waals surface area contributed by atoms with E-state index in [-0.39, 0.29) is 13.2 Å². The molecule has 1 unspecified atom stereocenters. The third-order valence-electron chi connectivity index (χ3n) is 4.89. The van der Waals surface area contributed by atoms with Crippen LogP contribution in [-0.2, 0) is 14.8 Å². The molecule has 180 valence electrons. The Hall–Kier alpha value is -3.72. The molecule has 0 saturated carbocycles. The van der Waals surface area contributed by atoms with Gasteiger partial charge in [0.05, 0.1) is 25.6 Å². The first-order valence-corrected chi connectivity index (χ1v) is 12.5. The normalized spacial score (nSPS) is 11.9. The van der Waals surface area contributed by atoms with E-state index in [9.17, 15) is 13.2 Å². The van der Waals surface area contributed by atoms with Crippen LogP contribution in [0.2, 0.25) is 0 Å². The maximum absolute atomic E-state index is 12.7. The van der Waals surface area contributed by atoms with Crippen molar-refractivity contribution in [2.75, 3.05) is 30.8 Å². The summed E-state index contributed by atoms with van der Waals surface area (Å²) >= 11 is 0. The first-order chi connectivity index (χ1) is 16.3. The second-order valence-electron chi connectivity index (χ2n) is 7.43. The van der Waals surface area contributed by atoms with Crippen LogP contribution in [0, 0.1) is 0 Å². The summed E-state index contributed by atoms with van der Waals surface area (Å²) in [5.74, 6) is 1.92. The maximum atomic E-state index is 12.7. The molecule has 3 aromatic carbocycles. The number of para-hydroxylation sites is 3. The minimum absolute atomic E-state index is 0.197. The highest BCUT2D eigenvalue weighted by atomic mass is 32.2. The predicted molar refractivity (Wildman–Crippen MR) is 131 cm³/mol. The number of methoxy groups -OCH3 is 1. The van der Waals surface area contributed by atoms with Crippen molar-refractivity contribution in [2.24, 2.45) is 0 Å². The molecule has 0 spiro atoms. The van der Waals surface area contributed by atoms with E-state index >= 15 is 0 Å². The number of nitrogens with zero attached hydrogens (tertiary/aromatic N) is 1. The lowest BCUT2D eigenvalue weighted by atomic mass is 10.2. The monoisotopic (exact) mass is 484 g/mol. The molecule has 0 bridgehead atoms. The van der Waals surface area contributed by atoms with Crippen molar-refractivity contribution in [3.8, 4) is 23.0 Å². The second-order valence-corrected chi connectivity index (χ2v) is 9.29. The molecule has 0 radical (unpaired) electrons. The molecular weight excluding hydrogens is 456 g/mol. The molecule has 0 heterocycles. The Balaban J connectivity index is 1.62. The van der Waals surface area contributed by atoms with Crippen molar-refractivity contribution in [2.45, 2.75) is 13.0 Å². The molecule has 0 fully saturated rings. The number of carbonyl (C=O) groups excluding carboxylic acids is 1. The first-order valence-electron chi connectivity index (χ1n) is 10.7. The molecule has 1 amide bonds. The predicted octanol–water partition coefficient (Wildman–Crippen LogP) is 3.84. The summed E-state index contributed by atoms with van der Waals surface area (Å²) in [5.41, 5.74) is 0.357. The zero-order chi connectivity index (χ0) is 24.6. The van der Waals surface area contributed by atoms with E-state index in [4.69, 9.17) is 14.2 Å². The summed E-state index contributed by atoms with van der Waals surface area (Å²) in [6.07, 6.45) is 1.07. The minimum Gasteiger partial charge on any atom is -0.493 e. The van der Waals surface area contributed by atoms with Gasteiger partial charge in [-0.25, -0.2) is 8.42 Å². The van der Waals surface area contributed by atoms with E-state index in [0.717, 1.165) is 10.6 Å². The van der Waals surface area contributed by atoms with Gasteiger partial charge in [-0.1, -0.05) is 30.3 Å². The van der Waals surface area contributed by atoms with Crippen molar-refractivity contribution >= 4 is 21.6 Å². The SMILES string of the molecule is COc1ccccc1OCCNC(=O)C(C)N(c1ccc(Oc2ccccc2)cc1)S(C)(=O)=O. The summed E-state index contributed by atoms with van der Waals surface area (Å²) in [6, 6.07) is 22.0. The summed E-state index contributed by atoms with van der Waals surface area (Å²) in [6.45, 7) is 1.93. The van der Waals surface area contributed by atoms with E-state index in [1.54, 1.807) is 43.5 Å². The number of hydrogen-bond acceptors (Lipinski definition) is 6. The van der Waals surface area contributed by atoms with Crippen molar-refractivity contribution < 1.29 is 27.4 Å². The van der Waals surface area contributed by atoms with Gasteiger partial charge in [0.1, 0.15) is 24.1 Å². The number of amides is 1. The van der Waals surface area contributed by atoms with E-state index in [0.29, 0.717) is 28.7 Å². The molecule has 0 aliphatic rings.